The molecule has 0 saturated carbocycles. The number of carbonyl (C=O) groups excluding carboxylic acids is 1. The molecule has 1 atom stereocenters. The normalized spacial score (nSPS) is 15.0. The molecule has 3 heterocycles. The van der Waals surface area contributed by atoms with Crippen LogP contribution in [0.2, 0.25) is 0 Å². The van der Waals surface area contributed by atoms with Crippen molar-refractivity contribution in [1.82, 2.24) is 19.9 Å². The number of aryl methyl sites for hydroxylation is 1. The molecule has 11 nitrogen and oxygen atoms in total. The molecule has 6 rings (SSSR count). The quantitative estimate of drug-likeness (QED) is 0.168. The summed E-state index contributed by atoms with van der Waals surface area (Å²) in [5.41, 5.74) is -0.597. The molecule has 1 aliphatic rings. The van der Waals surface area contributed by atoms with Gasteiger partial charge in [0.05, 0.1) is 17.5 Å². The number of piperidine rings is 1. The topological polar surface area (TPSA) is 127 Å². The molecule has 5 aromatic rings. The lowest BCUT2D eigenvalue weighted by Gasteiger charge is -2.34. The van der Waals surface area contributed by atoms with Crippen LogP contribution < -0.4 is 14.4 Å². The molecule has 52 heavy (non-hydrogen) atoms. The van der Waals surface area contributed by atoms with Crippen LogP contribution in [-0.2, 0) is 14.8 Å². The van der Waals surface area contributed by atoms with Gasteiger partial charge in [-0.3, -0.25) is 0 Å². The van der Waals surface area contributed by atoms with E-state index in [2.05, 4.69) is 15.3 Å². The second-order valence-corrected chi connectivity index (χ2v) is 15.3. The van der Waals surface area contributed by atoms with Crippen molar-refractivity contribution in [2.24, 2.45) is 0 Å². The molecular weight excluding hydrogens is 698 g/mol. The molecule has 272 valence electrons. The molecular formula is C37H37F3N6O5S. The molecule has 0 spiro atoms. The average molecular weight is 735 g/mol. The SMILES string of the molecule is Cc1ccc2c(N(c3c(F)cccc3F)S(C)(=O)=O)c(F)ccc2c1Oc1ncccc1-c1ccnc(NC2CCCN(C(=O)OC(C)(C)C)C2)n1. The Labute approximate surface area is 299 Å². The number of nitrogens with one attached hydrogen (secondary N) is 1. The van der Waals surface area contributed by atoms with E-state index in [4.69, 9.17) is 14.5 Å². The molecule has 1 N–H and O–H groups in total. The highest BCUT2D eigenvalue weighted by atomic mass is 32.2. The summed E-state index contributed by atoms with van der Waals surface area (Å²) in [6.45, 7) is 8.19. The fourth-order valence-electron chi connectivity index (χ4n) is 6.02. The molecule has 15 heteroatoms. The van der Waals surface area contributed by atoms with Crippen LogP contribution in [0.5, 0.6) is 11.6 Å². The first kappa shape index (κ1) is 36.4. The number of benzene rings is 3. The van der Waals surface area contributed by atoms with Crippen molar-refractivity contribution in [3.63, 3.8) is 0 Å². The van der Waals surface area contributed by atoms with Crippen LogP contribution >= 0.6 is 0 Å². The zero-order valence-electron chi connectivity index (χ0n) is 29.2. The number of anilines is 3. The van der Waals surface area contributed by atoms with Gasteiger partial charge in [0.1, 0.15) is 28.5 Å². The zero-order chi connectivity index (χ0) is 37.4. The summed E-state index contributed by atoms with van der Waals surface area (Å²) in [7, 11) is -4.47. The second-order valence-electron chi connectivity index (χ2n) is 13.4. The number of aromatic nitrogens is 3. The van der Waals surface area contributed by atoms with Gasteiger partial charge < -0.3 is 19.7 Å². The van der Waals surface area contributed by atoms with Gasteiger partial charge >= 0.3 is 6.09 Å². The predicted octanol–water partition coefficient (Wildman–Crippen LogP) is 8.12. The number of ether oxygens (including phenoxy) is 2. The summed E-state index contributed by atoms with van der Waals surface area (Å²) in [6, 6.07) is 13.3. The summed E-state index contributed by atoms with van der Waals surface area (Å²) < 4.78 is 84.1. The highest BCUT2D eigenvalue weighted by Crippen LogP contribution is 2.44. The third-order valence-corrected chi connectivity index (χ3v) is 9.28. The van der Waals surface area contributed by atoms with Crippen molar-refractivity contribution in [3.8, 4) is 22.9 Å². The van der Waals surface area contributed by atoms with E-state index in [1.54, 1.807) is 42.3 Å². The first-order valence-electron chi connectivity index (χ1n) is 16.5. The Bertz CT molecular complexity index is 2250. The lowest BCUT2D eigenvalue weighted by Crippen LogP contribution is -2.47. The third kappa shape index (κ3) is 7.73. The number of rotatable bonds is 8. The fraction of sp³-hybridized carbons (Fsp3) is 0.297. The van der Waals surface area contributed by atoms with Gasteiger partial charge in [-0.2, -0.15) is 0 Å². The number of hydrogen-bond donors (Lipinski definition) is 1. The first-order valence-corrected chi connectivity index (χ1v) is 18.3. The number of sulfonamides is 1. The minimum absolute atomic E-state index is 0.0209. The number of amides is 1. The molecule has 0 bridgehead atoms. The maximum Gasteiger partial charge on any atom is 0.410 e. The first-order chi connectivity index (χ1) is 24.6. The van der Waals surface area contributed by atoms with Gasteiger partial charge in [0.2, 0.25) is 21.9 Å². The smallest absolute Gasteiger partial charge is 0.410 e. The largest absolute Gasteiger partial charge is 0.444 e. The Morgan fingerprint density at radius 2 is 1.63 bits per heavy atom. The third-order valence-electron chi connectivity index (χ3n) is 8.25. The number of nitrogens with zero attached hydrogens (tertiary/aromatic N) is 5. The Morgan fingerprint density at radius 1 is 0.923 bits per heavy atom. The zero-order valence-corrected chi connectivity index (χ0v) is 30.0. The number of fused-ring (bicyclic) bond motifs is 1. The van der Waals surface area contributed by atoms with E-state index in [9.17, 15) is 13.2 Å². The van der Waals surface area contributed by atoms with E-state index < -0.39 is 44.5 Å². The van der Waals surface area contributed by atoms with Crippen molar-refractivity contribution < 1.29 is 35.9 Å². The van der Waals surface area contributed by atoms with Crippen molar-refractivity contribution >= 4 is 44.2 Å². The van der Waals surface area contributed by atoms with E-state index in [-0.39, 0.29) is 34.5 Å². The highest BCUT2D eigenvalue weighted by Gasteiger charge is 2.32. The van der Waals surface area contributed by atoms with Crippen LogP contribution in [0.4, 0.5) is 35.3 Å². The summed E-state index contributed by atoms with van der Waals surface area (Å²) in [4.78, 5) is 27.9. The van der Waals surface area contributed by atoms with Crippen LogP contribution in [0.25, 0.3) is 22.0 Å². The van der Waals surface area contributed by atoms with Crippen molar-refractivity contribution in [1.29, 1.82) is 0 Å². The standard InChI is InChI=1S/C37H37F3N6O5S/c1-22-13-14-24-25(15-16-29(40)31(24)46(52(5,48)49)32-27(38)11-6-12-28(32)39)33(22)50-34-26(10-7-18-41-34)30-17-19-42-35(44-30)43-23-9-8-20-45(21-23)36(47)51-37(2,3)4/h6-7,10-19,23H,8-9,20-21H2,1-5H3,(H,42,43,44). The average Bonchev–Trinajstić information content (AvgIpc) is 3.07. The van der Waals surface area contributed by atoms with Crippen molar-refractivity contribution in [2.75, 3.05) is 29.0 Å². The maximum atomic E-state index is 15.7. The summed E-state index contributed by atoms with van der Waals surface area (Å²) >= 11 is 0. The van der Waals surface area contributed by atoms with Crippen molar-refractivity contribution in [3.05, 3.63) is 96.1 Å². The molecule has 1 saturated heterocycles. The van der Waals surface area contributed by atoms with Gasteiger partial charge in [0.15, 0.2) is 11.6 Å². The Kier molecular flexibility index (Phi) is 9.99. The van der Waals surface area contributed by atoms with Gasteiger partial charge in [-0.1, -0.05) is 18.2 Å². The van der Waals surface area contributed by atoms with Crippen LogP contribution in [0.15, 0.2) is 73.1 Å². The van der Waals surface area contributed by atoms with E-state index in [1.165, 1.54) is 18.3 Å². The number of halogens is 3. The summed E-state index contributed by atoms with van der Waals surface area (Å²) in [5.74, 6) is -2.74. The van der Waals surface area contributed by atoms with Gasteiger partial charge in [-0.25, -0.2) is 45.6 Å². The Morgan fingerprint density at radius 3 is 2.35 bits per heavy atom. The molecule has 0 radical (unpaired) electrons. The molecule has 0 aliphatic carbocycles. The van der Waals surface area contributed by atoms with Crippen molar-refractivity contribution in [2.45, 2.75) is 52.2 Å². The minimum atomic E-state index is -4.47. The Balaban J connectivity index is 1.34. The van der Waals surface area contributed by atoms with E-state index in [1.807, 2.05) is 20.8 Å². The molecule has 2 aromatic heterocycles. The number of para-hydroxylation sites is 1. The molecule has 1 fully saturated rings. The molecule has 3 aromatic carbocycles. The van der Waals surface area contributed by atoms with Crippen LogP contribution in [0, 0.1) is 24.4 Å². The lowest BCUT2D eigenvalue weighted by molar-refractivity contribution is 0.0206. The molecule has 1 unspecified atom stereocenters. The lowest BCUT2D eigenvalue weighted by atomic mass is 10.0. The van der Waals surface area contributed by atoms with Gasteiger partial charge in [0.25, 0.3) is 0 Å². The van der Waals surface area contributed by atoms with E-state index in [0.29, 0.717) is 40.2 Å². The highest BCUT2D eigenvalue weighted by molar-refractivity contribution is 7.92. The van der Waals surface area contributed by atoms with Crippen LogP contribution in [-0.4, -0.2) is 65.4 Å². The van der Waals surface area contributed by atoms with E-state index >= 15 is 13.2 Å². The van der Waals surface area contributed by atoms with Crippen LogP contribution in [0.1, 0.15) is 39.2 Å². The minimum Gasteiger partial charge on any atom is -0.444 e. The maximum absolute atomic E-state index is 15.7. The Hall–Kier alpha value is -5.44. The number of likely N-dealkylation sites (tertiary alicyclic amines) is 1. The van der Waals surface area contributed by atoms with Gasteiger partial charge in [0, 0.05) is 42.3 Å². The fourth-order valence-corrected chi connectivity index (χ4v) is 7.05. The summed E-state index contributed by atoms with van der Waals surface area (Å²) in [5, 5.41) is 3.60. The van der Waals surface area contributed by atoms with Crippen LogP contribution in [0.3, 0.4) is 0 Å². The van der Waals surface area contributed by atoms with Gasteiger partial charge in [-0.05, 0) is 88.6 Å². The predicted molar refractivity (Wildman–Crippen MR) is 192 cm³/mol. The molecule has 1 aliphatic heterocycles. The number of pyridine rings is 1. The van der Waals surface area contributed by atoms with Gasteiger partial charge in [-0.15, -0.1) is 0 Å². The second kappa shape index (κ2) is 14.3. The summed E-state index contributed by atoms with van der Waals surface area (Å²) in [6.07, 6.45) is 5.01. The monoisotopic (exact) mass is 734 g/mol. The van der Waals surface area contributed by atoms with E-state index in [0.717, 1.165) is 43.4 Å². The molecule has 1 amide bonds. The number of carbonyl (C=O) groups is 1. The number of hydrogen-bond acceptors (Lipinski definition) is 9.